The molecule has 0 bridgehead atoms. The Bertz CT molecular complexity index is 2800. The van der Waals surface area contributed by atoms with Crippen LogP contribution in [-0.4, -0.2) is 45.6 Å². The van der Waals surface area contributed by atoms with Crippen molar-refractivity contribution in [1.82, 2.24) is 14.4 Å². The first-order chi connectivity index (χ1) is 30.4. The number of thiophene rings is 3. The fraction of sp³-hybridized carbons (Fsp3) is 0.302. The van der Waals surface area contributed by atoms with Gasteiger partial charge in [0.05, 0.1) is 48.2 Å². The summed E-state index contributed by atoms with van der Waals surface area (Å²) in [4.78, 5) is 51.6. The SMILES string of the molecule is CCCCC(CC)CN1C(=O)C2=C(c3ccc(-c4ccc(C=O)s4)s3)N(CC(CC)CCCC)C(=O)C2=C1c1ccc(-c2ccc(-n3c4ccccc4c4ccccc43)cc2)s1. The summed E-state index contributed by atoms with van der Waals surface area (Å²) in [6, 6.07) is 38.1. The highest BCUT2D eigenvalue weighted by Crippen LogP contribution is 2.51. The van der Waals surface area contributed by atoms with E-state index in [9.17, 15) is 4.79 Å². The number of carbonyl (C=O) groups excluding carboxylic acids is 3. The zero-order valence-corrected chi connectivity index (χ0v) is 38.4. The summed E-state index contributed by atoms with van der Waals surface area (Å²) in [5.74, 6) is 0.483. The van der Waals surface area contributed by atoms with Gasteiger partial charge in [-0.25, -0.2) is 0 Å². The molecular formula is C53H53N3O3S3. The molecule has 9 rings (SSSR count). The fourth-order valence-electron chi connectivity index (χ4n) is 9.35. The molecule has 0 spiro atoms. The fourth-order valence-corrected chi connectivity index (χ4v) is 12.4. The predicted molar refractivity (Wildman–Crippen MR) is 261 cm³/mol. The van der Waals surface area contributed by atoms with E-state index in [-0.39, 0.29) is 11.8 Å². The summed E-state index contributed by atoms with van der Waals surface area (Å²) in [5.41, 5.74) is 7.13. The standard InChI is InChI=1S/C53H53N3O3S3/c1-5-9-15-34(7-3)31-54-50(46-29-27-43(61-46)36-21-23-37(24-22-36)56-41-19-13-11-17-39(41)40-18-12-14-20-42(40)56)48-49(53(54)59)51(55(52(48)58)32-35(8-4)16-10-6-2)47-30-28-45(62-47)44-26-25-38(33-57)60-44/h11-14,17-30,33-35H,5-10,15-16,31-32H2,1-4H3. The molecule has 9 heteroatoms. The topological polar surface area (TPSA) is 62.6 Å². The van der Waals surface area contributed by atoms with Crippen molar-refractivity contribution in [2.24, 2.45) is 11.8 Å². The van der Waals surface area contributed by atoms with Gasteiger partial charge in [-0.2, -0.15) is 0 Å². The van der Waals surface area contributed by atoms with Crippen molar-refractivity contribution in [3.63, 3.8) is 0 Å². The maximum atomic E-state index is 15.2. The Morgan fingerprint density at radius 3 is 1.50 bits per heavy atom. The molecule has 0 N–H and O–H groups in total. The number of fused-ring (bicyclic) bond motifs is 4. The molecule has 6 heterocycles. The van der Waals surface area contributed by atoms with Crippen LogP contribution in [0, 0.1) is 11.8 Å². The summed E-state index contributed by atoms with van der Waals surface area (Å²) in [6.07, 6.45) is 9.26. The van der Waals surface area contributed by atoms with E-state index in [2.05, 4.69) is 129 Å². The van der Waals surface area contributed by atoms with Crippen LogP contribution in [0.1, 0.15) is 98.5 Å². The van der Waals surface area contributed by atoms with Gasteiger partial charge in [-0.05, 0) is 90.9 Å². The molecule has 4 aromatic heterocycles. The summed E-state index contributed by atoms with van der Waals surface area (Å²) in [7, 11) is 0. The molecule has 0 saturated carbocycles. The Kier molecular flexibility index (Phi) is 12.3. The maximum absolute atomic E-state index is 15.2. The van der Waals surface area contributed by atoms with E-state index in [1.165, 1.54) is 33.1 Å². The summed E-state index contributed by atoms with van der Waals surface area (Å²) >= 11 is 4.72. The second-order valence-electron chi connectivity index (χ2n) is 16.7. The van der Waals surface area contributed by atoms with Crippen molar-refractivity contribution >= 4 is 85.3 Å². The normalized spacial score (nSPS) is 15.2. The zero-order chi connectivity index (χ0) is 42.9. The van der Waals surface area contributed by atoms with E-state index in [1.54, 1.807) is 22.7 Å². The van der Waals surface area contributed by atoms with Crippen LogP contribution in [-0.2, 0) is 9.59 Å². The molecule has 2 unspecified atom stereocenters. The molecule has 6 nitrogen and oxygen atoms in total. The Balaban J connectivity index is 1.15. The molecule has 2 aliphatic heterocycles. The Labute approximate surface area is 376 Å². The number of unbranched alkanes of at least 4 members (excludes halogenated alkanes) is 2. The molecule has 0 radical (unpaired) electrons. The smallest absolute Gasteiger partial charge is 0.261 e. The summed E-state index contributed by atoms with van der Waals surface area (Å²) in [5, 5.41) is 2.47. The van der Waals surface area contributed by atoms with E-state index in [1.807, 2.05) is 21.9 Å². The molecule has 2 amide bonds. The van der Waals surface area contributed by atoms with Crippen LogP contribution in [0.25, 0.3) is 59.1 Å². The third-order valence-electron chi connectivity index (χ3n) is 12.8. The third-order valence-corrected chi connectivity index (χ3v) is 16.2. The van der Waals surface area contributed by atoms with E-state index < -0.39 is 0 Å². The van der Waals surface area contributed by atoms with E-state index >= 15 is 9.59 Å². The highest BCUT2D eigenvalue weighted by molar-refractivity contribution is 7.23. The second-order valence-corrected chi connectivity index (χ2v) is 20.0. The minimum absolute atomic E-state index is 0.0720. The second kappa shape index (κ2) is 18.2. The number of rotatable bonds is 18. The summed E-state index contributed by atoms with van der Waals surface area (Å²) in [6.45, 7) is 10.00. The number of hydrogen-bond donors (Lipinski definition) is 0. The van der Waals surface area contributed by atoms with Crippen molar-refractivity contribution in [2.75, 3.05) is 13.1 Å². The predicted octanol–water partition coefficient (Wildman–Crippen LogP) is 14.4. The molecule has 2 atom stereocenters. The summed E-state index contributed by atoms with van der Waals surface area (Å²) < 4.78 is 2.33. The van der Waals surface area contributed by atoms with Gasteiger partial charge in [0.2, 0.25) is 0 Å². The first kappa shape index (κ1) is 42.0. The van der Waals surface area contributed by atoms with Crippen LogP contribution in [0.15, 0.2) is 120 Å². The number of hydrogen-bond acceptors (Lipinski definition) is 6. The Morgan fingerprint density at radius 1 is 0.532 bits per heavy atom. The monoisotopic (exact) mass is 875 g/mol. The highest BCUT2D eigenvalue weighted by atomic mass is 32.1. The van der Waals surface area contributed by atoms with Gasteiger partial charge in [0.1, 0.15) is 0 Å². The number of carbonyl (C=O) groups is 3. The molecule has 7 aromatic rings. The minimum atomic E-state index is -0.0720. The molecule has 62 heavy (non-hydrogen) atoms. The molecule has 0 aliphatic carbocycles. The lowest BCUT2D eigenvalue weighted by atomic mass is 9.98. The molecular weight excluding hydrogens is 823 g/mol. The average molecular weight is 876 g/mol. The van der Waals surface area contributed by atoms with Crippen molar-refractivity contribution in [1.29, 1.82) is 0 Å². The number of amides is 2. The van der Waals surface area contributed by atoms with Crippen LogP contribution in [0.3, 0.4) is 0 Å². The molecule has 0 fully saturated rings. The molecule has 316 valence electrons. The van der Waals surface area contributed by atoms with Crippen molar-refractivity contribution in [3.05, 3.63) is 135 Å². The largest absolute Gasteiger partial charge is 0.309 e. The van der Waals surface area contributed by atoms with Gasteiger partial charge in [0.25, 0.3) is 11.8 Å². The molecule has 2 aliphatic rings. The number of nitrogens with zero attached hydrogens (tertiary/aromatic N) is 3. The van der Waals surface area contributed by atoms with Gasteiger partial charge in [0.15, 0.2) is 6.29 Å². The van der Waals surface area contributed by atoms with E-state index in [0.717, 1.165) is 105 Å². The molecule has 0 saturated heterocycles. The Morgan fingerprint density at radius 2 is 1.00 bits per heavy atom. The van der Waals surface area contributed by atoms with Crippen LogP contribution in [0.4, 0.5) is 0 Å². The number of aromatic nitrogens is 1. The van der Waals surface area contributed by atoms with Gasteiger partial charge >= 0.3 is 0 Å². The van der Waals surface area contributed by atoms with E-state index in [4.69, 9.17) is 0 Å². The van der Waals surface area contributed by atoms with Crippen LogP contribution >= 0.6 is 34.0 Å². The number of aldehydes is 1. The first-order valence-corrected chi connectivity index (χ1v) is 24.8. The van der Waals surface area contributed by atoms with Crippen LogP contribution in [0.5, 0.6) is 0 Å². The van der Waals surface area contributed by atoms with Gasteiger partial charge in [0, 0.05) is 44.2 Å². The van der Waals surface area contributed by atoms with Gasteiger partial charge in [-0.15, -0.1) is 34.0 Å². The zero-order valence-electron chi connectivity index (χ0n) is 36.0. The van der Waals surface area contributed by atoms with Gasteiger partial charge in [-0.1, -0.05) is 115 Å². The lowest BCUT2D eigenvalue weighted by molar-refractivity contribution is -0.124. The quantitative estimate of drug-likeness (QED) is 0.0807. The first-order valence-electron chi connectivity index (χ1n) is 22.3. The number of benzene rings is 3. The van der Waals surface area contributed by atoms with Crippen molar-refractivity contribution < 1.29 is 14.4 Å². The minimum Gasteiger partial charge on any atom is -0.309 e. The van der Waals surface area contributed by atoms with Crippen LogP contribution in [0.2, 0.25) is 0 Å². The highest BCUT2D eigenvalue weighted by Gasteiger charge is 2.50. The lowest BCUT2D eigenvalue weighted by Gasteiger charge is -2.29. The third kappa shape index (κ3) is 7.62. The van der Waals surface area contributed by atoms with Crippen LogP contribution < -0.4 is 0 Å². The van der Waals surface area contributed by atoms with E-state index in [0.29, 0.717) is 40.9 Å². The van der Waals surface area contributed by atoms with Gasteiger partial charge < -0.3 is 14.4 Å². The molecule has 3 aromatic carbocycles. The Hall–Kier alpha value is -5.35. The van der Waals surface area contributed by atoms with Crippen molar-refractivity contribution in [3.8, 4) is 25.9 Å². The average Bonchev–Trinajstić information content (AvgIpc) is 4.18. The van der Waals surface area contributed by atoms with Gasteiger partial charge in [-0.3, -0.25) is 14.4 Å². The lowest BCUT2D eigenvalue weighted by Crippen LogP contribution is -2.34. The number of para-hydroxylation sites is 2. The maximum Gasteiger partial charge on any atom is 0.261 e. The van der Waals surface area contributed by atoms with Crippen molar-refractivity contribution in [2.45, 2.75) is 79.1 Å².